The molecule has 1 fully saturated rings. The highest BCUT2D eigenvalue weighted by Crippen LogP contribution is 2.30. The molecule has 3 aromatic carbocycles. The van der Waals surface area contributed by atoms with E-state index in [1.54, 1.807) is 4.68 Å². The largest absolute Gasteiger partial charge is 0.494 e. The first-order chi connectivity index (χ1) is 17.7. The predicted octanol–water partition coefficient (Wildman–Crippen LogP) is 3.57. The lowest BCUT2D eigenvalue weighted by Gasteiger charge is -2.34. The van der Waals surface area contributed by atoms with E-state index in [1.807, 2.05) is 79.4 Å². The van der Waals surface area contributed by atoms with E-state index in [2.05, 4.69) is 20.4 Å². The Morgan fingerprint density at radius 3 is 2.39 bits per heavy atom. The van der Waals surface area contributed by atoms with Gasteiger partial charge in [-0.25, -0.2) is 0 Å². The van der Waals surface area contributed by atoms with Crippen LogP contribution in [0.4, 0.5) is 0 Å². The molecule has 1 aliphatic heterocycles. The molecule has 0 unspecified atom stereocenters. The van der Waals surface area contributed by atoms with Crippen LogP contribution in [0.5, 0.6) is 11.5 Å². The molecule has 0 spiro atoms. The molecule has 0 radical (unpaired) electrons. The second-order valence-corrected chi connectivity index (χ2v) is 8.60. The van der Waals surface area contributed by atoms with Crippen molar-refractivity contribution in [1.82, 2.24) is 30.0 Å². The SMILES string of the molecule is CCOc1ccc(-n2nnnc2CN2CCN(C(=O)c3c(OCC)ccc4ccccc34)CC2)cc1. The third-order valence-corrected chi connectivity index (χ3v) is 6.36. The van der Waals surface area contributed by atoms with Crippen molar-refractivity contribution in [2.24, 2.45) is 0 Å². The lowest BCUT2D eigenvalue weighted by Crippen LogP contribution is -2.48. The van der Waals surface area contributed by atoms with Gasteiger partial charge in [-0.2, -0.15) is 4.68 Å². The highest BCUT2D eigenvalue weighted by molar-refractivity contribution is 6.09. The summed E-state index contributed by atoms with van der Waals surface area (Å²) < 4.78 is 13.1. The fourth-order valence-corrected chi connectivity index (χ4v) is 4.57. The summed E-state index contributed by atoms with van der Waals surface area (Å²) in [5, 5.41) is 14.3. The minimum absolute atomic E-state index is 0.00845. The molecule has 5 rings (SSSR count). The second-order valence-electron chi connectivity index (χ2n) is 8.60. The number of piperazine rings is 1. The number of hydrogen-bond acceptors (Lipinski definition) is 7. The van der Waals surface area contributed by atoms with Gasteiger partial charge in [-0.3, -0.25) is 9.69 Å². The van der Waals surface area contributed by atoms with Gasteiger partial charge in [0.05, 0.1) is 31.0 Å². The molecule has 0 bridgehead atoms. The third kappa shape index (κ3) is 4.87. The van der Waals surface area contributed by atoms with Crippen LogP contribution < -0.4 is 9.47 Å². The normalized spacial score (nSPS) is 14.2. The van der Waals surface area contributed by atoms with Gasteiger partial charge in [-0.1, -0.05) is 30.3 Å². The molecule has 36 heavy (non-hydrogen) atoms. The fourth-order valence-electron chi connectivity index (χ4n) is 4.57. The molecule has 4 aromatic rings. The van der Waals surface area contributed by atoms with Crippen molar-refractivity contribution in [3.63, 3.8) is 0 Å². The number of ether oxygens (including phenoxy) is 2. The van der Waals surface area contributed by atoms with Crippen molar-refractivity contribution in [3.8, 4) is 17.2 Å². The first kappa shape index (κ1) is 23.7. The highest BCUT2D eigenvalue weighted by Gasteiger charge is 2.27. The second kappa shape index (κ2) is 10.7. The van der Waals surface area contributed by atoms with Gasteiger partial charge in [0.15, 0.2) is 5.82 Å². The summed E-state index contributed by atoms with van der Waals surface area (Å²) in [5.74, 6) is 2.22. The summed E-state index contributed by atoms with van der Waals surface area (Å²) >= 11 is 0. The molecule has 0 atom stereocenters. The van der Waals surface area contributed by atoms with Crippen molar-refractivity contribution in [2.45, 2.75) is 20.4 Å². The topological polar surface area (TPSA) is 85.6 Å². The lowest BCUT2D eigenvalue weighted by atomic mass is 10.0. The Labute approximate surface area is 210 Å². The molecule has 9 nitrogen and oxygen atoms in total. The summed E-state index contributed by atoms with van der Waals surface area (Å²) in [7, 11) is 0. The zero-order valence-corrected chi connectivity index (χ0v) is 20.6. The Morgan fingerprint density at radius 1 is 0.889 bits per heavy atom. The number of amides is 1. The maximum absolute atomic E-state index is 13.6. The summed E-state index contributed by atoms with van der Waals surface area (Å²) in [6.07, 6.45) is 0. The predicted molar refractivity (Wildman–Crippen MR) is 137 cm³/mol. The molecule has 1 amide bonds. The Hall–Kier alpha value is -3.98. The minimum Gasteiger partial charge on any atom is -0.494 e. The van der Waals surface area contributed by atoms with Gasteiger partial charge in [0.2, 0.25) is 0 Å². The van der Waals surface area contributed by atoms with E-state index >= 15 is 0 Å². The molecule has 186 valence electrons. The van der Waals surface area contributed by atoms with Gasteiger partial charge >= 0.3 is 0 Å². The molecule has 0 aliphatic carbocycles. The lowest BCUT2D eigenvalue weighted by molar-refractivity contribution is 0.0622. The molecule has 1 aliphatic rings. The molecule has 1 saturated heterocycles. The summed E-state index contributed by atoms with van der Waals surface area (Å²) in [6, 6.07) is 19.6. The van der Waals surface area contributed by atoms with Crippen LogP contribution in [0.1, 0.15) is 30.0 Å². The van der Waals surface area contributed by atoms with Crippen molar-refractivity contribution in [1.29, 1.82) is 0 Å². The van der Waals surface area contributed by atoms with Crippen molar-refractivity contribution in [2.75, 3.05) is 39.4 Å². The van der Waals surface area contributed by atoms with E-state index in [1.165, 1.54) is 0 Å². The Balaban J connectivity index is 1.27. The number of nitrogens with zero attached hydrogens (tertiary/aromatic N) is 6. The zero-order chi connectivity index (χ0) is 24.9. The third-order valence-electron chi connectivity index (χ3n) is 6.36. The van der Waals surface area contributed by atoms with Crippen LogP contribution in [0, 0.1) is 0 Å². The van der Waals surface area contributed by atoms with Gasteiger partial charge in [-0.15, -0.1) is 5.10 Å². The van der Waals surface area contributed by atoms with E-state index in [0.717, 1.165) is 41.1 Å². The molecule has 2 heterocycles. The van der Waals surface area contributed by atoms with Gasteiger partial charge in [0.25, 0.3) is 5.91 Å². The van der Waals surface area contributed by atoms with E-state index < -0.39 is 0 Å². The van der Waals surface area contributed by atoms with Crippen LogP contribution in [-0.4, -0.2) is 75.3 Å². The standard InChI is InChI=1S/C27H30N6O3/c1-3-35-22-12-10-21(11-13-22)33-25(28-29-30-33)19-31-15-17-32(18-16-31)27(34)26-23-8-6-5-7-20(23)9-14-24(26)36-4-2/h5-14H,3-4,15-19H2,1-2H3. The van der Waals surface area contributed by atoms with Gasteiger partial charge in [0, 0.05) is 26.2 Å². The van der Waals surface area contributed by atoms with Gasteiger partial charge in [-0.05, 0) is 65.4 Å². The average Bonchev–Trinajstić information content (AvgIpc) is 3.37. The summed E-state index contributed by atoms with van der Waals surface area (Å²) in [4.78, 5) is 17.8. The number of fused-ring (bicyclic) bond motifs is 1. The van der Waals surface area contributed by atoms with Crippen LogP contribution in [0.15, 0.2) is 60.7 Å². The van der Waals surface area contributed by atoms with Crippen molar-refractivity contribution < 1.29 is 14.3 Å². The van der Waals surface area contributed by atoms with E-state index in [-0.39, 0.29) is 5.91 Å². The zero-order valence-electron chi connectivity index (χ0n) is 20.6. The minimum atomic E-state index is 0.00845. The van der Waals surface area contributed by atoms with E-state index in [9.17, 15) is 4.79 Å². The number of hydrogen-bond donors (Lipinski definition) is 0. The molecular formula is C27H30N6O3. The van der Waals surface area contributed by atoms with Crippen LogP contribution in [-0.2, 0) is 6.54 Å². The summed E-state index contributed by atoms with van der Waals surface area (Å²) in [6.45, 7) is 8.33. The molecule has 1 aromatic heterocycles. The Morgan fingerprint density at radius 2 is 1.64 bits per heavy atom. The molecule has 0 N–H and O–H groups in total. The maximum atomic E-state index is 13.6. The molecular weight excluding hydrogens is 456 g/mol. The van der Waals surface area contributed by atoms with Crippen LogP contribution in [0.25, 0.3) is 16.5 Å². The number of tetrazole rings is 1. The smallest absolute Gasteiger partial charge is 0.258 e. The first-order valence-corrected chi connectivity index (χ1v) is 12.3. The van der Waals surface area contributed by atoms with Crippen molar-refractivity contribution in [3.05, 3.63) is 72.1 Å². The number of aromatic nitrogens is 4. The van der Waals surface area contributed by atoms with E-state index in [4.69, 9.17) is 9.47 Å². The Kier molecular flexibility index (Phi) is 7.08. The average molecular weight is 487 g/mol. The summed E-state index contributed by atoms with van der Waals surface area (Å²) in [5.41, 5.74) is 1.52. The first-order valence-electron chi connectivity index (χ1n) is 12.3. The number of carbonyl (C=O) groups is 1. The quantitative estimate of drug-likeness (QED) is 0.376. The number of rotatable bonds is 8. The van der Waals surface area contributed by atoms with Crippen molar-refractivity contribution >= 4 is 16.7 Å². The number of carbonyl (C=O) groups excluding carboxylic acids is 1. The van der Waals surface area contributed by atoms with Gasteiger partial charge in [0.1, 0.15) is 11.5 Å². The maximum Gasteiger partial charge on any atom is 0.258 e. The van der Waals surface area contributed by atoms with Crippen LogP contribution >= 0.6 is 0 Å². The Bertz CT molecular complexity index is 1330. The van der Waals surface area contributed by atoms with Crippen LogP contribution in [0.3, 0.4) is 0 Å². The van der Waals surface area contributed by atoms with Gasteiger partial charge < -0.3 is 14.4 Å². The highest BCUT2D eigenvalue weighted by atomic mass is 16.5. The number of benzene rings is 3. The fraction of sp³-hybridized carbons (Fsp3) is 0.333. The molecule has 0 saturated carbocycles. The van der Waals surface area contributed by atoms with E-state index in [0.29, 0.717) is 44.2 Å². The monoisotopic (exact) mass is 486 g/mol. The van der Waals surface area contributed by atoms with Crippen LogP contribution in [0.2, 0.25) is 0 Å². The molecule has 9 heteroatoms.